The maximum Gasteiger partial charge on any atom is 0.303 e. The first-order valence-corrected chi connectivity index (χ1v) is 9.68. The monoisotopic (exact) mass is 382 g/mol. The number of hydrogen-bond donors (Lipinski definition) is 2. The van der Waals surface area contributed by atoms with E-state index in [1.54, 1.807) is 6.20 Å². The third-order valence-electron chi connectivity index (χ3n) is 4.61. The number of amides is 1. The zero-order valence-corrected chi connectivity index (χ0v) is 16.2. The van der Waals surface area contributed by atoms with Gasteiger partial charge in [0.2, 0.25) is 0 Å². The normalized spacial score (nSPS) is 12.1. The van der Waals surface area contributed by atoms with Crippen LogP contribution in [0, 0.1) is 13.8 Å². The highest BCUT2D eigenvalue weighted by Gasteiger charge is 2.21. The van der Waals surface area contributed by atoms with Gasteiger partial charge in [0.15, 0.2) is 0 Å². The lowest BCUT2D eigenvalue weighted by Gasteiger charge is -2.18. The molecule has 140 valence electrons. The number of carbonyl (C=O) groups excluding carboxylic acids is 1. The molecule has 0 bridgehead atoms. The lowest BCUT2D eigenvalue weighted by molar-refractivity contribution is -0.137. The number of carboxylic acid groups (broad SMARTS) is 1. The van der Waals surface area contributed by atoms with Crippen molar-refractivity contribution in [2.45, 2.75) is 39.2 Å². The topological polar surface area (TPSA) is 79.3 Å². The van der Waals surface area contributed by atoms with Crippen molar-refractivity contribution in [3.05, 3.63) is 64.2 Å². The number of nitrogens with one attached hydrogen (secondary N) is 1. The molecule has 1 aromatic carbocycles. The molecule has 0 saturated heterocycles. The first-order valence-electron chi connectivity index (χ1n) is 8.87. The van der Waals surface area contributed by atoms with Crippen LogP contribution in [0.4, 0.5) is 0 Å². The Balaban J connectivity index is 1.82. The first kappa shape index (κ1) is 19.0. The summed E-state index contributed by atoms with van der Waals surface area (Å²) in [7, 11) is 0. The molecule has 0 spiro atoms. The Labute approximate surface area is 162 Å². The van der Waals surface area contributed by atoms with Crippen LogP contribution in [0.15, 0.2) is 42.6 Å². The Bertz CT molecular complexity index is 966. The Morgan fingerprint density at radius 2 is 1.93 bits per heavy atom. The van der Waals surface area contributed by atoms with Crippen LogP contribution in [0.5, 0.6) is 0 Å². The predicted molar refractivity (Wildman–Crippen MR) is 107 cm³/mol. The summed E-state index contributed by atoms with van der Waals surface area (Å²) in [6, 6.07) is 11.5. The second kappa shape index (κ2) is 8.31. The van der Waals surface area contributed by atoms with Gasteiger partial charge in [0.05, 0.1) is 4.88 Å². The molecule has 0 aliphatic carbocycles. The summed E-state index contributed by atoms with van der Waals surface area (Å²) in [5.74, 6) is -1.03. The average molecular weight is 382 g/mol. The largest absolute Gasteiger partial charge is 0.481 e. The van der Waals surface area contributed by atoms with E-state index in [0.29, 0.717) is 17.7 Å². The standard InChI is InChI=1S/C21H22N2O3S/c1-13-10-11-22-21-18(13)14(2)19(27-21)20(26)23-16(8-9-17(24)25)12-15-6-4-3-5-7-15/h3-7,10-11,16H,8-9,12H2,1-2H3,(H,23,26)(H,24,25). The van der Waals surface area contributed by atoms with Gasteiger partial charge in [-0.2, -0.15) is 0 Å². The van der Waals surface area contributed by atoms with Crippen LogP contribution < -0.4 is 5.32 Å². The number of benzene rings is 1. The number of thiophene rings is 1. The van der Waals surface area contributed by atoms with Crippen LogP contribution in [0.2, 0.25) is 0 Å². The van der Waals surface area contributed by atoms with Gasteiger partial charge < -0.3 is 10.4 Å². The highest BCUT2D eigenvalue weighted by atomic mass is 32.1. The molecule has 1 atom stereocenters. The molecule has 1 unspecified atom stereocenters. The summed E-state index contributed by atoms with van der Waals surface area (Å²) in [5.41, 5.74) is 3.09. The summed E-state index contributed by atoms with van der Waals surface area (Å²) >= 11 is 1.38. The quantitative estimate of drug-likeness (QED) is 0.644. The van der Waals surface area contributed by atoms with Gasteiger partial charge in [-0.3, -0.25) is 9.59 Å². The van der Waals surface area contributed by atoms with E-state index in [2.05, 4.69) is 10.3 Å². The molecule has 0 fully saturated rings. The van der Waals surface area contributed by atoms with Gasteiger partial charge in [0, 0.05) is 24.0 Å². The molecular weight excluding hydrogens is 360 g/mol. The van der Waals surface area contributed by atoms with Gasteiger partial charge in [0.1, 0.15) is 4.83 Å². The molecule has 0 radical (unpaired) electrons. The van der Waals surface area contributed by atoms with Crippen LogP contribution in [-0.4, -0.2) is 28.0 Å². The minimum Gasteiger partial charge on any atom is -0.481 e. The molecule has 5 nitrogen and oxygen atoms in total. The Hall–Kier alpha value is -2.73. The van der Waals surface area contributed by atoms with Crippen molar-refractivity contribution in [1.29, 1.82) is 0 Å². The molecule has 1 amide bonds. The number of aryl methyl sites for hydroxylation is 2. The molecule has 0 saturated carbocycles. The molecule has 3 rings (SSSR count). The van der Waals surface area contributed by atoms with Gasteiger partial charge >= 0.3 is 5.97 Å². The van der Waals surface area contributed by atoms with Crippen molar-refractivity contribution >= 4 is 33.4 Å². The van der Waals surface area contributed by atoms with Crippen LogP contribution in [0.1, 0.15) is 39.2 Å². The highest BCUT2D eigenvalue weighted by Crippen LogP contribution is 2.31. The second-order valence-corrected chi connectivity index (χ2v) is 7.66. The van der Waals surface area contributed by atoms with E-state index < -0.39 is 5.97 Å². The minimum atomic E-state index is -0.861. The number of hydrogen-bond acceptors (Lipinski definition) is 4. The smallest absolute Gasteiger partial charge is 0.303 e. The predicted octanol–water partition coefficient (Wildman–Crippen LogP) is 4.12. The van der Waals surface area contributed by atoms with E-state index in [0.717, 1.165) is 26.9 Å². The van der Waals surface area contributed by atoms with Gasteiger partial charge in [-0.25, -0.2) is 4.98 Å². The van der Waals surface area contributed by atoms with E-state index in [-0.39, 0.29) is 18.4 Å². The lowest BCUT2D eigenvalue weighted by atomic mass is 10.0. The van der Waals surface area contributed by atoms with Gasteiger partial charge in [-0.05, 0) is 49.4 Å². The van der Waals surface area contributed by atoms with Crippen molar-refractivity contribution in [2.75, 3.05) is 0 Å². The number of rotatable bonds is 7. The van der Waals surface area contributed by atoms with Crippen molar-refractivity contribution in [3.63, 3.8) is 0 Å². The second-order valence-electron chi connectivity index (χ2n) is 6.66. The molecule has 0 aliphatic heterocycles. The number of carbonyl (C=O) groups is 2. The van der Waals surface area contributed by atoms with Gasteiger partial charge in [-0.15, -0.1) is 11.3 Å². The fraction of sp³-hybridized carbons (Fsp3) is 0.286. The average Bonchev–Trinajstić information content (AvgIpc) is 2.98. The van der Waals surface area contributed by atoms with Crippen molar-refractivity contribution in [2.24, 2.45) is 0 Å². The fourth-order valence-corrected chi connectivity index (χ4v) is 4.37. The lowest BCUT2D eigenvalue weighted by Crippen LogP contribution is -2.36. The SMILES string of the molecule is Cc1ccnc2sc(C(=O)NC(CCC(=O)O)Cc3ccccc3)c(C)c12. The molecule has 6 heteroatoms. The number of nitrogens with zero attached hydrogens (tertiary/aromatic N) is 1. The van der Waals surface area contributed by atoms with Crippen molar-refractivity contribution in [3.8, 4) is 0 Å². The zero-order chi connectivity index (χ0) is 19.4. The van der Waals surface area contributed by atoms with Crippen molar-refractivity contribution < 1.29 is 14.7 Å². The molecule has 0 aliphatic rings. The number of pyridine rings is 1. The summed E-state index contributed by atoms with van der Waals surface area (Å²) in [5, 5.41) is 13.1. The first-order chi connectivity index (χ1) is 13.0. The number of carboxylic acids is 1. The third-order valence-corrected chi connectivity index (χ3v) is 5.81. The van der Waals surface area contributed by atoms with Crippen molar-refractivity contribution in [1.82, 2.24) is 10.3 Å². The minimum absolute atomic E-state index is 0.0177. The Morgan fingerprint density at radius 3 is 2.59 bits per heavy atom. The van der Waals surface area contributed by atoms with E-state index in [4.69, 9.17) is 5.11 Å². The van der Waals surface area contributed by atoms with Crippen LogP contribution >= 0.6 is 11.3 Å². The molecule has 2 heterocycles. The Morgan fingerprint density at radius 1 is 1.19 bits per heavy atom. The summed E-state index contributed by atoms with van der Waals surface area (Å²) in [4.78, 5) is 29.8. The van der Waals surface area contributed by atoms with Gasteiger partial charge in [-0.1, -0.05) is 30.3 Å². The Kier molecular flexibility index (Phi) is 5.86. The van der Waals surface area contributed by atoms with Crippen LogP contribution in [0.3, 0.4) is 0 Å². The maximum atomic E-state index is 12.9. The molecule has 3 aromatic rings. The van der Waals surface area contributed by atoms with Crippen LogP contribution in [-0.2, 0) is 11.2 Å². The third kappa shape index (κ3) is 4.52. The van der Waals surface area contributed by atoms with E-state index in [1.165, 1.54) is 11.3 Å². The summed E-state index contributed by atoms with van der Waals surface area (Å²) in [6.07, 6.45) is 2.75. The fourth-order valence-electron chi connectivity index (χ4n) is 3.24. The zero-order valence-electron chi connectivity index (χ0n) is 15.4. The molecule has 27 heavy (non-hydrogen) atoms. The van der Waals surface area contributed by atoms with E-state index in [9.17, 15) is 9.59 Å². The summed E-state index contributed by atoms with van der Waals surface area (Å²) < 4.78 is 0. The number of fused-ring (bicyclic) bond motifs is 1. The van der Waals surface area contributed by atoms with E-state index in [1.807, 2.05) is 50.2 Å². The molecule has 2 N–H and O–H groups in total. The van der Waals surface area contributed by atoms with Crippen LogP contribution in [0.25, 0.3) is 10.2 Å². The maximum absolute atomic E-state index is 12.9. The number of aliphatic carboxylic acids is 1. The molecule has 2 aromatic heterocycles. The van der Waals surface area contributed by atoms with E-state index >= 15 is 0 Å². The van der Waals surface area contributed by atoms with Gasteiger partial charge in [0.25, 0.3) is 5.91 Å². The summed E-state index contributed by atoms with van der Waals surface area (Å²) in [6.45, 7) is 3.95. The highest BCUT2D eigenvalue weighted by molar-refractivity contribution is 7.20. The number of aromatic nitrogens is 1. The molecular formula is C21H22N2O3S.